The molecule has 0 spiro atoms. The quantitative estimate of drug-likeness (QED) is 0.556. The molecule has 0 aliphatic rings. The van der Waals surface area contributed by atoms with Crippen molar-refractivity contribution in [2.45, 2.75) is 20.0 Å². The minimum atomic E-state index is -0.468. The van der Waals surface area contributed by atoms with Gasteiger partial charge < -0.3 is 19.5 Å². The molecule has 1 aromatic carbocycles. The minimum absolute atomic E-state index is 0.0632. The summed E-state index contributed by atoms with van der Waals surface area (Å²) in [5, 5.41) is 2.61. The molecule has 0 saturated carbocycles. The van der Waals surface area contributed by atoms with E-state index in [2.05, 4.69) is 5.32 Å². The van der Waals surface area contributed by atoms with E-state index in [-0.39, 0.29) is 19.2 Å². The second-order valence-corrected chi connectivity index (χ2v) is 4.20. The summed E-state index contributed by atoms with van der Waals surface area (Å²) in [4.78, 5) is 22.4. The molecule has 0 radical (unpaired) electrons. The van der Waals surface area contributed by atoms with Gasteiger partial charge in [0.2, 0.25) is 0 Å². The summed E-state index contributed by atoms with van der Waals surface area (Å²) in [5.74, 6) is -0.382. The monoisotopic (exact) mass is 295 g/mol. The van der Waals surface area contributed by atoms with Crippen molar-refractivity contribution in [2.75, 3.05) is 26.4 Å². The van der Waals surface area contributed by atoms with Crippen LogP contribution in [-0.4, -0.2) is 38.4 Å². The first-order valence-corrected chi connectivity index (χ1v) is 6.90. The fourth-order valence-corrected chi connectivity index (χ4v) is 1.50. The van der Waals surface area contributed by atoms with Crippen LogP contribution in [0, 0.1) is 0 Å². The van der Waals surface area contributed by atoms with Crippen molar-refractivity contribution in [2.24, 2.45) is 0 Å². The number of ether oxygens (including phenoxy) is 3. The van der Waals surface area contributed by atoms with Crippen molar-refractivity contribution in [3.05, 3.63) is 35.9 Å². The minimum Gasteiger partial charge on any atom is -0.464 e. The summed E-state index contributed by atoms with van der Waals surface area (Å²) >= 11 is 0. The number of carbonyl (C=O) groups excluding carboxylic acids is 2. The Morgan fingerprint density at radius 3 is 2.62 bits per heavy atom. The van der Waals surface area contributed by atoms with E-state index < -0.39 is 6.09 Å². The van der Waals surface area contributed by atoms with Gasteiger partial charge in [-0.3, -0.25) is 0 Å². The van der Waals surface area contributed by atoms with Crippen LogP contribution >= 0.6 is 0 Å². The number of hydrogen-bond acceptors (Lipinski definition) is 5. The van der Waals surface area contributed by atoms with E-state index in [1.54, 1.807) is 6.92 Å². The molecule has 116 valence electrons. The highest BCUT2D eigenvalue weighted by Crippen LogP contribution is 2.00. The fraction of sp³-hybridized carbons (Fsp3) is 0.467. The summed E-state index contributed by atoms with van der Waals surface area (Å²) < 4.78 is 14.8. The van der Waals surface area contributed by atoms with Crippen LogP contribution in [0.2, 0.25) is 0 Å². The Morgan fingerprint density at radius 1 is 1.14 bits per heavy atom. The van der Waals surface area contributed by atoms with Crippen LogP contribution in [0.15, 0.2) is 30.3 Å². The molecule has 0 aliphatic heterocycles. The lowest BCUT2D eigenvalue weighted by Crippen LogP contribution is -2.26. The standard InChI is InChI=1S/C15H21NO5/c1-2-20-14(17)12-19-10-6-9-16-15(18)21-11-13-7-4-3-5-8-13/h3-5,7-8H,2,6,9-12H2,1H3,(H,16,18). The zero-order valence-corrected chi connectivity index (χ0v) is 12.2. The summed E-state index contributed by atoms with van der Waals surface area (Å²) in [5.41, 5.74) is 0.936. The molecule has 0 aliphatic carbocycles. The summed E-state index contributed by atoms with van der Waals surface area (Å²) in [6.45, 7) is 3.06. The molecule has 1 aromatic rings. The van der Waals surface area contributed by atoms with E-state index in [0.29, 0.717) is 26.2 Å². The van der Waals surface area contributed by atoms with Gasteiger partial charge in [-0.2, -0.15) is 0 Å². The highest BCUT2D eigenvalue weighted by Gasteiger charge is 2.03. The molecule has 0 fully saturated rings. The van der Waals surface area contributed by atoms with E-state index in [9.17, 15) is 9.59 Å². The molecule has 6 nitrogen and oxygen atoms in total. The number of amides is 1. The lowest BCUT2D eigenvalue weighted by molar-refractivity contribution is -0.148. The second-order valence-electron chi connectivity index (χ2n) is 4.20. The third-order valence-corrected chi connectivity index (χ3v) is 2.47. The van der Waals surface area contributed by atoms with Gasteiger partial charge in [-0.25, -0.2) is 9.59 Å². The Hall–Kier alpha value is -2.08. The summed E-state index contributed by atoms with van der Waals surface area (Å²) in [6, 6.07) is 9.45. The second kappa shape index (κ2) is 10.7. The normalized spacial score (nSPS) is 9.95. The largest absolute Gasteiger partial charge is 0.464 e. The molecule has 0 atom stereocenters. The van der Waals surface area contributed by atoms with E-state index in [4.69, 9.17) is 14.2 Å². The van der Waals surface area contributed by atoms with Gasteiger partial charge in [0, 0.05) is 13.2 Å². The SMILES string of the molecule is CCOC(=O)COCCCNC(=O)OCc1ccccc1. The maximum atomic E-state index is 11.4. The Kier molecular flexibility index (Phi) is 8.63. The first-order chi connectivity index (χ1) is 10.2. The van der Waals surface area contributed by atoms with Gasteiger partial charge in [0.25, 0.3) is 0 Å². The average Bonchev–Trinajstić information content (AvgIpc) is 2.50. The third-order valence-electron chi connectivity index (χ3n) is 2.47. The molecule has 21 heavy (non-hydrogen) atoms. The maximum absolute atomic E-state index is 11.4. The molecule has 6 heteroatoms. The topological polar surface area (TPSA) is 73.9 Å². The molecule has 0 unspecified atom stereocenters. The lowest BCUT2D eigenvalue weighted by Gasteiger charge is -2.07. The van der Waals surface area contributed by atoms with Crippen molar-refractivity contribution in [1.82, 2.24) is 5.32 Å². The van der Waals surface area contributed by atoms with Crippen LogP contribution in [0.3, 0.4) is 0 Å². The van der Waals surface area contributed by atoms with Crippen molar-refractivity contribution < 1.29 is 23.8 Å². The molecule has 0 aromatic heterocycles. The molecule has 1 amide bonds. The number of benzene rings is 1. The van der Waals surface area contributed by atoms with Crippen LogP contribution in [0.5, 0.6) is 0 Å². The molecule has 0 bridgehead atoms. The van der Waals surface area contributed by atoms with E-state index >= 15 is 0 Å². The summed E-state index contributed by atoms with van der Waals surface area (Å²) in [6.07, 6.45) is 0.129. The van der Waals surface area contributed by atoms with Crippen LogP contribution in [0.1, 0.15) is 18.9 Å². The zero-order valence-electron chi connectivity index (χ0n) is 12.2. The molecular formula is C15H21NO5. The van der Waals surface area contributed by atoms with Crippen molar-refractivity contribution in [3.8, 4) is 0 Å². The molecule has 1 N–H and O–H groups in total. The predicted molar refractivity (Wildman–Crippen MR) is 76.7 cm³/mol. The smallest absolute Gasteiger partial charge is 0.407 e. The van der Waals surface area contributed by atoms with Crippen molar-refractivity contribution in [3.63, 3.8) is 0 Å². The first-order valence-electron chi connectivity index (χ1n) is 6.90. The number of hydrogen-bond donors (Lipinski definition) is 1. The molecule has 0 saturated heterocycles. The van der Waals surface area contributed by atoms with Crippen LogP contribution in [-0.2, 0) is 25.6 Å². The third kappa shape index (κ3) is 8.65. The number of nitrogens with one attached hydrogen (secondary N) is 1. The predicted octanol–water partition coefficient (Wildman–Crippen LogP) is 1.88. The van der Waals surface area contributed by atoms with Crippen LogP contribution < -0.4 is 5.32 Å². The molecule has 1 rings (SSSR count). The van der Waals surface area contributed by atoms with Crippen LogP contribution in [0.4, 0.5) is 4.79 Å². The molecule has 0 heterocycles. The average molecular weight is 295 g/mol. The first kappa shape index (κ1) is 17.0. The highest BCUT2D eigenvalue weighted by atomic mass is 16.6. The van der Waals surface area contributed by atoms with Gasteiger partial charge in [-0.15, -0.1) is 0 Å². The van der Waals surface area contributed by atoms with Gasteiger partial charge >= 0.3 is 12.1 Å². The number of alkyl carbamates (subject to hydrolysis) is 1. The number of rotatable bonds is 9. The van der Waals surface area contributed by atoms with Gasteiger partial charge in [0.1, 0.15) is 13.2 Å². The van der Waals surface area contributed by atoms with Crippen molar-refractivity contribution >= 4 is 12.1 Å². The molecular weight excluding hydrogens is 274 g/mol. The van der Waals surface area contributed by atoms with E-state index in [1.807, 2.05) is 30.3 Å². The van der Waals surface area contributed by atoms with E-state index in [0.717, 1.165) is 5.56 Å². The zero-order chi connectivity index (χ0) is 15.3. The lowest BCUT2D eigenvalue weighted by atomic mass is 10.2. The number of carbonyl (C=O) groups is 2. The van der Waals surface area contributed by atoms with Gasteiger partial charge in [-0.05, 0) is 18.9 Å². The Morgan fingerprint density at radius 2 is 1.90 bits per heavy atom. The Labute approximate surface area is 124 Å². The highest BCUT2D eigenvalue weighted by molar-refractivity contribution is 5.70. The fourth-order valence-electron chi connectivity index (χ4n) is 1.50. The van der Waals surface area contributed by atoms with Gasteiger partial charge in [-0.1, -0.05) is 30.3 Å². The summed E-state index contributed by atoms with van der Waals surface area (Å²) in [7, 11) is 0. The maximum Gasteiger partial charge on any atom is 0.407 e. The number of esters is 1. The van der Waals surface area contributed by atoms with Crippen molar-refractivity contribution in [1.29, 1.82) is 0 Å². The Bertz CT molecular complexity index is 421. The Balaban J connectivity index is 1.97. The van der Waals surface area contributed by atoms with Crippen LogP contribution in [0.25, 0.3) is 0 Å². The van der Waals surface area contributed by atoms with Gasteiger partial charge in [0.15, 0.2) is 0 Å². The van der Waals surface area contributed by atoms with E-state index in [1.165, 1.54) is 0 Å². The van der Waals surface area contributed by atoms with Gasteiger partial charge in [0.05, 0.1) is 6.61 Å².